The molecule has 0 bridgehead atoms. The summed E-state index contributed by atoms with van der Waals surface area (Å²) < 4.78 is 0. The maximum atomic E-state index is 12.3. The summed E-state index contributed by atoms with van der Waals surface area (Å²) in [6.07, 6.45) is 0.388. The maximum absolute atomic E-state index is 12.3. The molecule has 1 atom stereocenters. The van der Waals surface area contributed by atoms with Gasteiger partial charge in [0, 0.05) is 57.4 Å². The lowest BCUT2D eigenvalue weighted by molar-refractivity contribution is -0.135. The second kappa shape index (κ2) is 5.42. The van der Waals surface area contributed by atoms with Gasteiger partial charge >= 0.3 is 0 Å². The predicted molar refractivity (Wildman–Crippen MR) is 73.7 cm³/mol. The van der Waals surface area contributed by atoms with Crippen LogP contribution in [0.3, 0.4) is 0 Å². The average Bonchev–Trinajstić information content (AvgIpc) is 2.61. The topological polar surface area (TPSA) is 69.7 Å². The molecule has 112 valence electrons. The molecule has 0 unspecified atom stereocenters. The van der Waals surface area contributed by atoms with E-state index >= 15 is 0 Å². The van der Waals surface area contributed by atoms with Crippen LogP contribution in [0.4, 0.5) is 0 Å². The molecule has 0 saturated carbocycles. The summed E-state index contributed by atoms with van der Waals surface area (Å²) >= 11 is 0. The molecular formula is C14H23N3O3. The number of amides is 3. The number of nitrogens with one attached hydrogen (secondary N) is 1. The molecule has 2 fully saturated rings. The molecule has 3 amide bonds. The Hall–Kier alpha value is -1.59. The lowest BCUT2D eigenvalue weighted by Gasteiger charge is -2.32. The molecule has 20 heavy (non-hydrogen) atoms. The van der Waals surface area contributed by atoms with Gasteiger partial charge in [-0.1, -0.05) is 13.8 Å². The van der Waals surface area contributed by atoms with Crippen molar-refractivity contribution in [3.8, 4) is 0 Å². The van der Waals surface area contributed by atoms with Crippen LogP contribution in [0, 0.1) is 11.3 Å². The first kappa shape index (κ1) is 14.8. The average molecular weight is 281 g/mol. The van der Waals surface area contributed by atoms with Crippen molar-refractivity contribution in [2.24, 2.45) is 11.3 Å². The van der Waals surface area contributed by atoms with Gasteiger partial charge in [-0.15, -0.1) is 0 Å². The van der Waals surface area contributed by atoms with E-state index < -0.39 is 0 Å². The van der Waals surface area contributed by atoms with Crippen molar-refractivity contribution in [3.05, 3.63) is 0 Å². The van der Waals surface area contributed by atoms with Crippen molar-refractivity contribution >= 4 is 17.7 Å². The van der Waals surface area contributed by atoms with E-state index in [4.69, 9.17) is 0 Å². The fraction of sp³-hybridized carbons (Fsp3) is 0.786. The molecule has 1 spiro atoms. The molecule has 0 aromatic carbocycles. The lowest BCUT2D eigenvalue weighted by Crippen LogP contribution is -2.45. The van der Waals surface area contributed by atoms with Crippen molar-refractivity contribution < 1.29 is 14.4 Å². The molecule has 6 nitrogen and oxygen atoms in total. The van der Waals surface area contributed by atoms with Gasteiger partial charge in [-0.3, -0.25) is 14.4 Å². The van der Waals surface area contributed by atoms with Gasteiger partial charge in [0.25, 0.3) is 0 Å². The van der Waals surface area contributed by atoms with Crippen LogP contribution in [-0.2, 0) is 14.4 Å². The monoisotopic (exact) mass is 281 g/mol. The summed E-state index contributed by atoms with van der Waals surface area (Å²) in [5, 5.41) is 2.84. The smallest absolute Gasteiger partial charge is 0.225 e. The van der Waals surface area contributed by atoms with Crippen molar-refractivity contribution in [3.63, 3.8) is 0 Å². The first-order valence-corrected chi connectivity index (χ1v) is 7.14. The second-order valence-corrected chi connectivity index (χ2v) is 6.31. The molecule has 2 aliphatic rings. The fourth-order valence-corrected chi connectivity index (χ4v) is 3.06. The Balaban J connectivity index is 2.22. The highest BCUT2D eigenvalue weighted by Gasteiger charge is 2.44. The highest BCUT2D eigenvalue weighted by atomic mass is 16.2. The molecule has 2 rings (SSSR count). The van der Waals surface area contributed by atoms with E-state index in [0.29, 0.717) is 39.1 Å². The number of rotatable bonds is 1. The Bertz CT molecular complexity index is 435. The third-order valence-electron chi connectivity index (χ3n) is 4.14. The number of carbonyl (C=O) groups is 3. The van der Waals surface area contributed by atoms with E-state index in [0.717, 1.165) is 0 Å². The van der Waals surface area contributed by atoms with E-state index in [1.54, 1.807) is 4.90 Å². The molecule has 1 N–H and O–H groups in total. The standard InChI is InChI=1S/C14H23N3O3/c1-10(2)13(20)17-5-4-16(11(3)18)8-14(9-17)6-12(19)15-7-14/h10H,4-9H2,1-3H3,(H,15,19)/t14-/m0/s1. The molecule has 0 radical (unpaired) electrons. The maximum Gasteiger partial charge on any atom is 0.225 e. The molecule has 0 aromatic rings. The number of hydrogen-bond acceptors (Lipinski definition) is 3. The van der Waals surface area contributed by atoms with Crippen LogP contribution >= 0.6 is 0 Å². The quantitative estimate of drug-likeness (QED) is 0.726. The van der Waals surface area contributed by atoms with Crippen molar-refractivity contribution in [2.45, 2.75) is 27.2 Å². The van der Waals surface area contributed by atoms with Crippen LogP contribution in [0.25, 0.3) is 0 Å². The summed E-state index contributed by atoms with van der Waals surface area (Å²) in [5.41, 5.74) is -0.330. The minimum absolute atomic E-state index is 0.00238. The van der Waals surface area contributed by atoms with Gasteiger partial charge in [0.1, 0.15) is 0 Å². The van der Waals surface area contributed by atoms with Crippen LogP contribution in [-0.4, -0.2) is 60.2 Å². The van der Waals surface area contributed by atoms with E-state index in [2.05, 4.69) is 5.32 Å². The van der Waals surface area contributed by atoms with Crippen LogP contribution in [0.1, 0.15) is 27.2 Å². The van der Waals surface area contributed by atoms with Gasteiger partial charge in [-0.05, 0) is 0 Å². The molecule has 0 aromatic heterocycles. The largest absolute Gasteiger partial charge is 0.355 e. The van der Waals surface area contributed by atoms with E-state index in [-0.39, 0.29) is 29.1 Å². The Labute approximate surface area is 119 Å². The fourth-order valence-electron chi connectivity index (χ4n) is 3.06. The molecule has 0 aliphatic carbocycles. The molecule has 2 saturated heterocycles. The Morgan fingerprint density at radius 3 is 2.30 bits per heavy atom. The van der Waals surface area contributed by atoms with E-state index in [1.807, 2.05) is 18.7 Å². The zero-order valence-electron chi connectivity index (χ0n) is 12.4. The molecule has 2 heterocycles. The molecule has 2 aliphatic heterocycles. The van der Waals surface area contributed by atoms with Gasteiger partial charge in [-0.25, -0.2) is 0 Å². The number of carbonyl (C=O) groups excluding carboxylic acids is 3. The normalized spacial score (nSPS) is 26.9. The van der Waals surface area contributed by atoms with E-state index in [9.17, 15) is 14.4 Å². The second-order valence-electron chi connectivity index (χ2n) is 6.31. The van der Waals surface area contributed by atoms with Crippen molar-refractivity contribution in [1.82, 2.24) is 15.1 Å². The van der Waals surface area contributed by atoms with Crippen molar-refractivity contribution in [2.75, 3.05) is 32.7 Å². The SMILES string of the molecule is CC(=O)N1CCN(C(=O)C(C)C)C[C@@]2(CNC(=O)C2)C1. The highest BCUT2D eigenvalue weighted by molar-refractivity contribution is 5.81. The molecular weight excluding hydrogens is 258 g/mol. The van der Waals surface area contributed by atoms with Gasteiger partial charge in [0.15, 0.2) is 0 Å². The summed E-state index contributed by atoms with van der Waals surface area (Å²) in [4.78, 5) is 39.1. The number of nitrogens with zero attached hydrogens (tertiary/aromatic N) is 2. The Morgan fingerprint density at radius 1 is 1.20 bits per heavy atom. The Kier molecular flexibility index (Phi) is 4.01. The van der Waals surface area contributed by atoms with Crippen LogP contribution in [0.5, 0.6) is 0 Å². The van der Waals surface area contributed by atoms with Gasteiger partial charge in [-0.2, -0.15) is 0 Å². The lowest BCUT2D eigenvalue weighted by atomic mass is 9.85. The zero-order chi connectivity index (χ0) is 14.9. The summed E-state index contributed by atoms with van der Waals surface area (Å²) in [6, 6.07) is 0. The number of hydrogen-bond donors (Lipinski definition) is 1. The summed E-state index contributed by atoms with van der Waals surface area (Å²) in [6.45, 7) is 8.02. The predicted octanol–water partition coefficient (Wildman–Crippen LogP) is -0.161. The zero-order valence-corrected chi connectivity index (χ0v) is 12.4. The van der Waals surface area contributed by atoms with E-state index in [1.165, 1.54) is 6.92 Å². The van der Waals surface area contributed by atoms with Gasteiger partial charge < -0.3 is 15.1 Å². The van der Waals surface area contributed by atoms with Gasteiger partial charge in [0.05, 0.1) is 0 Å². The Morgan fingerprint density at radius 2 is 1.80 bits per heavy atom. The first-order valence-electron chi connectivity index (χ1n) is 7.14. The summed E-state index contributed by atoms with van der Waals surface area (Å²) in [5.74, 6) is 0.0324. The van der Waals surface area contributed by atoms with Gasteiger partial charge in [0.2, 0.25) is 17.7 Å². The van der Waals surface area contributed by atoms with Crippen LogP contribution in [0.2, 0.25) is 0 Å². The third kappa shape index (κ3) is 2.94. The summed E-state index contributed by atoms with van der Waals surface area (Å²) in [7, 11) is 0. The molecule has 6 heteroatoms. The minimum atomic E-state index is -0.330. The minimum Gasteiger partial charge on any atom is -0.355 e. The van der Waals surface area contributed by atoms with Crippen LogP contribution in [0.15, 0.2) is 0 Å². The van der Waals surface area contributed by atoms with Crippen molar-refractivity contribution in [1.29, 1.82) is 0 Å². The highest BCUT2D eigenvalue weighted by Crippen LogP contribution is 2.31. The first-order chi connectivity index (χ1) is 9.33. The third-order valence-corrected chi connectivity index (χ3v) is 4.14. The van der Waals surface area contributed by atoms with Crippen LogP contribution < -0.4 is 5.32 Å².